The first-order valence-electron chi connectivity index (χ1n) is 4.86. The van der Waals surface area contributed by atoms with Crippen LogP contribution in [0.25, 0.3) is 0 Å². The number of para-hydroxylation sites is 2. The van der Waals surface area contributed by atoms with E-state index >= 15 is 0 Å². The van der Waals surface area contributed by atoms with Gasteiger partial charge in [-0.15, -0.1) is 24.8 Å². The van der Waals surface area contributed by atoms with Crippen LogP contribution in [0.15, 0.2) is 54.3 Å². The van der Waals surface area contributed by atoms with Crippen molar-refractivity contribution in [3.05, 3.63) is 54.3 Å². The molecule has 2 N–H and O–H groups in total. The van der Waals surface area contributed by atoms with Crippen molar-refractivity contribution >= 4 is 88.5 Å². The van der Waals surface area contributed by atoms with E-state index in [9.17, 15) is 0 Å². The fourth-order valence-corrected chi connectivity index (χ4v) is 2.97. The summed E-state index contributed by atoms with van der Waals surface area (Å²) in [6, 6.07) is 10.8. The number of aromatic hydroxyl groups is 2. The first kappa shape index (κ1) is 27.9. The van der Waals surface area contributed by atoms with E-state index in [1.807, 2.05) is 12.1 Å². The quantitative estimate of drug-likeness (QED) is 0.319. The summed E-state index contributed by atoms with van der Waals surface area (Å²) >= 11 is 13.0. The summed E-state index contributed by atoms with van der Waals surface area (Å²) in [5.41, 5.74) is 0. The number of benzene rings is 2. The Morgan fingerprint density at radius 1 is 0.636 bits per heavy atom. The van der Waals surface area contributed by atoms with Crippen LogP contribution in [0.4, 0.5) is 0 Å². The summed E-state index contributed by atoms with van der Waals surface area (Å²) < 4.78 is 11.2. The van der Waals surface area contributed by atoms with E-state index in [2.05, 4.69) is 63.7 Å². The Balaban J connectivity index is -0.000000273. The van der Waals surface area contributed by atoms with Crippen molar-refractivity contribution in [3.8, 4) is 11.5 Å². The van der Waals surface area contributed by atoms with E-state index in [1.165, 1.54) is 0 Å². The molecule has 0 atom stereocenters. The predicted molar refractivity (Wildman–Crippen MR) is 102 cm³/mol. The second-order valence-electron chi connectivity index (χ2n) is 3.14. The molecular formula is C12H10Br4Cl2O3W. The van der Waals surface area contributed by atoms with Crippen LogP contribution in [0.3, 0.4) is 0 Å². The zero-order valence-corrected chi connectivity index (χ0v) is 21.4. The Morgan fingerprint density at radius 3 is 0.955 bits per heavy atom. The van der Waals surface area contributed by atoms with Gasteiger partial charge in [0, 0.05) is 0 Å². The number of rotatable bonds is 0. The molecule has 0 aliphatic carbocycles. The summed E-state index contributed by atoms with van der Waals surface area (Å²) in [5, 5.41) is 18.2. The van der Waals surface area contributed by atoms with Crippen molar-refractivity contribution in [3.63, 3.8) is 0 Å². The van der Waals surface area contributed by atoms with E-state index in [0.717, 1.165) is 0 Å². The molecule has 0 aliphatic rings. The average Bonchev–Trinajstić information content (AvgIpc) is 2.45. The third kappa shape index (κ3) is 10.0. The normalized spacial score (nSPS) is 8.00. The fourth-order valence-electron chi connectivity index (χ4n) is 0.978. The number of phenolic OH excluding ortho intramolecular Hbond substituents is 2. The van der Waals surface area contributed by atoms with Crippen LogP contribution < -0.4 is 0 Å². The van der Waals surface area contributed by atoms with Gasteiger partial charge in [0.15, 0.2) is 0 Å². The van der Waals surface area contributed by atoms with Crippen molar-refractivity contribution in [1.29, 1.82) is 0 Å². The molecule has 3 nitrogen and oxygen atoms in total. The summed E-state index contributed by atoms with van der Waals surface area (Å²) in [6.07, 6.45) is 0. The van der Waals surface area contributed by atoms with Gasteiger partial charge in [0.2, 0.25) is 0 Å². The summed E-state index contributed by atoms with van der Waals surface area (Å²) in [4.78, 5) is 0. The van der Waals surface area contributed by atoms with Gasteiger partial charge in [0.05, 0.1) is 17.9 Å². The van der Waals surface area contributed by atoms with Crippen LogP contribution in [0.1, 0.15) is 0 Å². The van der Waals surface area contributed by atoms with E-state index in [-0.39, 0.29) is 36.3 Å². The molecule has 0 unspecified atom stereocenters. The summed E-state index contributed by atoms with van der Waals surface area (Å²) in [5.74, 6) is 0.495. The number of hydrogen-bond acceptors (Lipinski definition) is 3. The van der Waals surface area contributed by atoms with Crippen molar-refractivity contribution in [2.75, 3.05) is 0 Å². The van der Waals surface area contributed by atoms with Gasteiger partial charge < -0.3 is 10.2 Å². The molecular weight excluding hydrogens is 766 g/mol. The molecule has 0 fully saturated rings. The standard InChI is InChI=1S/2C6H4Br2O.2ClH.O.W/c2*7-4-2-1-3-5(8)6(4)9;;;;/h2*1-3,9H;2*1H;;. The van der Waals surface area contributed by atoms with Crippen molar-refractivity contribution in [2.24, 2.45) is 0 Å². The summed E-state index contributed by atoms with van der Waals surface area (Å²) in [6.45, 7) is 0. The number of phenols is 2. The van der Waals surface area contributed by atoms with Gasteiger partial charge in [-0.1, -0.05) is 12.1 Å². The molecule has 0 aliphatic heterocycles. The second kappa shape index (κ2) is 15.5. The molecule has 22 heavy (non-hydrogen) atoms. The molecule has 0 radical (unpaired) electrons. The van der Waals surface area contributed by atoms with E-state index in [1.54, 1.807) is 24.3 Å². The number of hydrogen-bond donors (Lipinski definition) is 2. The van der Waals surface area contributed by atoms with Crippen LogP contribution in [0.5, 0.6) is 11.5 Å². The Morgan fingerprint density at radius 2 is 0.818 bits per heavy atom. The minimum atomic E-state index is 0. The monoisotopic (exact) mass is 772 g/mol. The van der Waals surface area contributed by atoms with Crippen molar-refractivity contribution < 1.29 is 33.4 Å². The molecule has 124 valence electrons. The van der Waals surface area contributed by atoms with Gasteiger partial charge in [0.1, 0.15) is 11.5 Å². The Kier molecular flexibility index (Phi) is 19.7. The third-order valence-corrected chi connectivity index (χ3v) is 4.43. The SMILES string of the molecule is Cl.Cl.Oc1c(Br)cccc1Br.Oc1c(Br)cccc1Br.[O]=[W]. The minimum absolute atomic E-state index is 0. The molecule has 10 heteroatoms. The van der Waals surface area contributed by atoms with Gasteiger partial charge in [-0.2, -0.15) is 0 Å². The van der Waals surface area contributed by atoms with Crippen LogP contribution in [-0.4, -0.2) is 10.2 Å². The predicted octanol–water partition coefficient (Wildman–Crippen LogP) is 6.56. The average molecular weight is 777 g/mol. The van der Waals surface area contributed by atoms with Crippen LogP contribution in [-0.2, 0) is 23.2 Å². The third-order valence-electron chi connectivity index (χ3n) is 1.88. The molecule has 0 aromatic heterocycles. The first-order chi connectivity index (χ1) is 9.43. The molecule has 2 aromatic rings. The molecule has 2 rings (SSSR count). The van der Waals surface area contributed by atoms with E-state index in [0.29, 0.717) is 37.7 Å². The zero-order chi connectivity index (χ0) is 15.7. The maximum absolute atomic E-state index is 9.11. The van der Waals surface area contributed by atoms with Gasteiger partial charge in [0.25, 0.3) is 0 Å². The molecule has 0 bridgehead atoms. The Bertz CT molecular complexity index is 486. The maximum atomic E-state index is 9.11. The van der Waals surface area contributed by atoms with Crippen LogP contribution in [0, 0.1) is 0 Å². The molecule has 0 spiro atoms. The topological polar surface area (TPSA) is 57.5 Å². The van der Waals surface area contributed by atoms with Crippen molar-refractivity contribution in [2.45, 2.75) is 0 Å². The molecule has 0 amide bonds. The van der Waals surface area contributed by atoms with Crippen LogP contribution in [0.2, 0.25) is 0 Å². The second-order valence-corrected chi connectivity index (χ2v) is 6.56. The van der Waals surface area contributed by atoms with Gasteiger partial charge in [-0.3, -0.25) is 0 Å². The Hall–Kier alpha value is 1.03. The van der Waals surface area contributed by atoms with Crippen LogP contribution >= 0.6 is 88.5 Å². The fraction of sp³-hybridized carbons (Fsp3) is 0. The van der Waals surface area contributed by atoms with E-state index in [4.69, 9.17) is 13.6 Å². The Labute approximate surface area is 185 Å². The van der Waals surface area contributed by atoms with E-state index < -0.39 is 0 Å². The molecule has 0 heterocycles. The number of halogens is 6. The molecule has 2 aromatic carbocycles. The van der Waals surface area contributed by atoms with Gasteiger partial charge in [-0.05, 0) is 88.0 Å². The molecule has 0 saturated carbocycles. The van der Waals surface area contributed by atoms with Gasteiger partial charge >= 0.3 is 23.2 Å². The van der Waals surface area contributed by atoms with Gasteiger partial charge in [-0.25, -0.2) is 0 Å². The summed E-state index contributed by atoms with van der Waals surface area (Å²) in [7, 11) is 0. The van der Waals surface area contributed by atoms with Crippen molar-refractivity contribution in [1.82, 2.24) is 0 Å². The first-order valence-corrected chi connectivity index (χ1v) is 9.23. The zero-order valence-electron chi connectivity index (χ0n) is 10.5. The molecule has 0 saturated heterocycles.